The Morgan fingerprint density at radius 3 is 2.38 bits per heavy atom. The molecular weight excluding hydrogens is 239 g/mol. The molecule has 5 nitrogen and oxygen atoms in total. The zero-order valence-corrected chi connectivity index (χ0v) is 10.1. The van der Waals surface area contributed by atoms with Gasteiger partial charge in [0.2, 0.25) is 0 Å². The molecule has 0 fully saturated rings. The van der Waals surface area contributed by atoms with Crippen molar-refractivity contribution >= 4 is 39.7 Å². The van der Waals surface area contributed by atoms with Crippen molar-refractivity contribution in [2.45, 2.75) is 45.3 Å². The molecule has 0 saturated carbocycles. The number of nitrogens with two attached hydrogens (primary N) is 2. The Bertz CT molecular complexity index is 247. The molecule has 0 spiro atoms. The molecule has 0 aliphatic rings. The molecule has 0 aromatic rings. The van der Waals surface area contributed by atoms with Gasteiger partial charge < -0.3 is 11.5 Å². The molecule has 0 aliphatic heterocycles. The van der Waals surface area contributed by atoms with Gasteiger partial charge in [0, 0.05) is 0 Å². The van der Waals surface area contributed by atoms with Crippen LogP contribution in [0, 0.1) is 0 Å². The molecule has 0 aromatic carbocycles. The maximum atomic E-state index is 11.2. The van der Waals surface area contributed by atoms with Gasteiger partial charge in [-0.25, -0.2) is 0 Å². The van der Waals surface area contributed by atoms with Gasteiger partial charge in [0.15, 0.2) is 0 Å². The second-order valence-corrected chi connectivity index (χ2v) is 5.25. The first-order valence-electron chi connectivity index (χ1n) is 5.38. The Morgan fingerprint density at radius 2 is 1.88 bits per heavy atom. The van der Waals surface area contributed by atoms with E-state index in [-0.39, 0.29) is 35.3 Å². The van der Waals surface area contributed by atoms with E-state index in [9.17, 15) is 8.42 Å². The summed E-state index contributed by atoms with van der Waals surface area (Å²) in [6.07, 6.45) is 3.14. The molecule has 0 aromatic heterocycles. The predicted molar refractivity (Wildman–Crippen MR) is 67.8 cm³/mol. The second-order valence-electron chi connectivity index (χ2n) is 3.53. The van der Waals surface area contributed by atoms with E-state index in [1.54, 1.807) is 6.92 Å². The average molecular weight is 262 g/mol. The van der Waals surface area contributed by atoms with Gasteiger partial charge in [0.1, 0.15) is 6.23 Å². The number of rotatable bonds is 9. The van der Waals surface area contributed by atoms with Gasteiger partial charge >= 0.3 is 29.6 Å². The van der Waals surface area contributed by atoms with Crippen LogP contribution < -0.4 is 11.5 Å². The SMILES string of the molecule is CCCS(=O)(=O)OC(N)CCCCCN.[NaH]. The fraction of sp³-hybridized carbons (Fsp3) is 1.00. The fourth-order valence-corrected chi connectivity index (χ4v) is 2.27. The summed E-state index contributed by atoms with van der Waals surface area (Å²) >= 11 is 0. The van der Waals surface area contributed by atoms with E-state index < -0.39 is 16.3 Å². The van der Waals surface area contributed by atoms with Crippen LogP contribution in [0.1, 0.15) is 39.0 Å². The number of hydrogen-bond acceptors (Lipinski definition) is 5. The quantitative estimate of drug-likeness (QED) is 0.262. The minimum atomic E-state index is -3.42. The van der Waals surface area contributed by atoms with Crippen molar-refractivity contribution in [3.63, 3.8) is 0 Å². The summed E-state index contributed by atoms with van der Waals surface area (Å²) in [7, 11) is -3.42. The molecule has 0 heterocycles. The molecule has 0 radical (unpaired) electrons. The normalized spacial score (nSPS) is 13.2. The first-order chi connectivity index (χ1) is 7.02. The Morgan fingerprint density at radius 1 is 1.25 bits per heavy atom. The van der Waals surface area contributed by atoms with Crippen LogP contribution in [0.2, 0.25) is 0 Å². The van der Waals surface area contributed by atoms with Crippen molar-refractivity contribution in [1.82, 2.24) is 0 Å². The maximum absolute atomic E-state index is 11.2. The third-order valence-electron chi connectivity index (χ3n) is 1.92. The van der Waals surface area contributed by atoms with E-state index in [4.69, 9.17) is 15.7 Å². The molecule has 0 rings (SSSR count). The summed E-state index contributed by atoms with van der Waals surface area (Å²) in [6, 6.07) is 0. The van der Waals surface area contributed by atoms with E-state index in [0.717, 1.165) is 19.3 Å². The molecule has 1 unspecified atom stereocenters. The summed E-state index contributed by atoms with van der Waals surface area (Å²) in [4.78, 5) is 0. The van der Waals surface area contributed by atoms with Crippen molar-refractivity contribution in [2.24, 2.45) is 11.5 Å². The van der Waals surface area contributed by atoms with Crippen LogP contribution in [-0.2, 0) is 14.3 Å². The third-order valence-corrected chi connectivity index (χ3v) is 3.37. The van der Waals surface area contributed by atoms with Gasteiger partial charge in [-0.3, -0.25) is 4.18 Å². The molecule has 4 N–H and O–H groups in total. The van der Waals surface area contributed by atoms with E-state index in [1.807, 2.05) is 0 Å². The Kier molecular flexibility index (Phi) is 13.1. The number of hydrogen-bond donors (Lipinski definition) is 2. The van der Waals surface area contributed by atoms with Crippen LogP contribution in [0.25, 0.3) is 0 Å². The average Bonchev–Trinajstić information content (AvgIpc) is 2.11. The van der Waals surface area contributed by atoms with Crippen molar-refractivity contribution in [3.05, 3.63) is 0 Å². The van der Waals surface area contributed by atoms with Gasteiger partial charge in [-0.2, -0.15) is 8.42 Å². The van der Waals surface area contributed by atoms with Crippen LogP contribution >= 0.6 is 0 Å². The van der Waals surface area contributed by atoms with Crippen molar-refractivity contribution < 1.29 is 12.6 Å². The van der Waals surface area contributed by atoms with Gasteiger partial charge in [-0.05, 0) is 32.2 Å². The molecule has 0 bridgehead atoms. The molecule has 16 heavy (non-hydrogen) atoms. The van der Waals surface area contributed by atoms with E-state index in [0.29, 0.717) is 19.4 Å². The van der Waals surface area contributed by atoms with Crippen molar-refractivity contribution in [3.8, 4) is 0 Å². The summed E-state index contributed by atoms with van der Waals surface area (Å²) in [5.74, 6) is 0.0312. The monoisotopic (exact) mass is 262 g/mol. The van der Waals surface area contributed by atoms with Crippen LogP contribution in [0.15, 0.2) is 0 Å². The molecule has 7 heteroatoms. The van der Waals surface area contributed by atoms with E-state index in [2.05, 4.69) is 0 Å². The third kappa shape index (κ3) is 11.3. The summed E-state index contributed by atoms with van der Waals surface area (Å²) in [5, 5.41) is 0. The Balaban J connectivity index is 0. The number of unbranched alkanes of at least 4 members (excludes halogenated alkanes) is 2. The predicted octanol–water partition coefficient (Wildman–Crippen LogP) is -0.102. The second kappa shape index (κ2) is 11.0. The van der Waals surface area contributed by atoms with E-state index >= 15 is 0 Å². The molecule has 0 amide bonds. The Hall–Kier alpha value is 0.830. The van der Waals surface area contributed by atoms with Gasteiger partial charge in [-0.15, -0.1) is 0 Å². The standard InChI is InChI=1S/C9H22N2O3S.Na.H/c1-2-8-15(12,13)14-9(11)6-4-3-5-7-10;;/h9H,2-8,10-11H2,1H3;;. The van der Waals surface area contributed by atoms with Gasteiger partial charge in [0.25, 0.3) is 10.1 Å². The topological polar surface area (TPSA) is 95.4 Å². The zero-order chi connectivity index (χ0) is 11.7. The molecular formula is C9H23N2NaO3S. The van der Waals surface area contributed by atoms with Crippen LogP contribution in [-0.4, -0.2) is 56.5 Å². The summed E-state index contributed by atoms with van der Waals surface area (Å²) in [6.45, 7) is 2.44. The van der Waals surface area contributed by atoms with Crippen molar-refractivity contribution in [1.29, 1.82) is 0 Å². The minimum absolute atomic E-state index is 0. The fourth-order valence-electron chi connectivity index (χ4n) is 1.20. The molecule has 1 atom stereocenters. The van der Waals surface area contributed by atoms with Gasteiger partial charge in [0.05, 0.1) is 5.75 Å². The summed E-state index contributed by atoms with van der Waals surface area (Å²) < 4.78 is 27.2. The first-order valence-corrected chi connectivity index (χ1v) is 6.96. The van der Waals surface area contributed by atoms with Gasteiger partial charge in [-0.1, -0.05) is 13.3 Å². The molecule has 0 aliphatic carbocycles. The summed E-state index contributed by atoms with van der Waals surface area (Å²) in [5.41, 5.74) is 10.9. The molecule has 94 valence electrons. The Labute approximate surface area is 121 Å². The van der Waals surface area contributed by atoms with Crippen LogP contribution in [0.5, 0.6) is 0 Å². The molecule has 0 saturated heterocycles. The van der Waals surface area contributed by atoms with Crippen LogP contribution in [0.4, 0.5) is 0 Å². The van der Waals surface area contributed by atoms with E-state index in [1.165, 1.54) is 0 Å². The first kappa shape index (κ1) is 19.2. The zero-order valence-electron chi connectivity index (χ0n) is 9.31. The van der Waals surface area contributed by atoms with Crippen LogP contribution in [0.3, 0.4) is 0 Å². The van der Waals surface area contributed by atoms with Crippen molar-refractivity contribution in [2.75, 3.05) is 12.3 Å².